The molecule has 0 aliphatic rings. The third-order valence-electron chi connectivity index (χ3n) is 6.06. The van der Waals surface area contributed by atoms with Gasteiger partial charge < -0.3 is 9.80 Å². The van der Waals surface area contributed by atoms with Crippen molar-refractivity contribution in [2.75, 3.05) is 22.9 Å². The molecular weight excluding hydrogens is 674 g/mol. The number of hydrogen-bond donors (Lipinski definition) is 0. The summed E-state index contributed by atoms with van der Waals surface area (Å²) < 4.78 is 1.79. The van der Waals surface area contributed by atoms with Crippen molar-refractivity contribution in [3.8, 4) is 0 Å². The van der Waals surface area contributed by atoms with Crippen molar-refractivity contribution in [2.24, 2.45) is 0 Å². The summed E-state index contributed by atoms with van der Waals surface area (Å²) in [5, 5.41) is 0. The van der Waals surface area contributed by atoms with E-state index in [0.717, 1.165) is 29.6 Å². The Labute approximate surface area is 239 Å². The number of anilines is 2. The molecule has 0 spiro atoms. The predicted octanol–water partition coefficient (Wildman–Crippen LogP) is 7.51. The molecule has 0 unspecified atom stereocenters. The van der Waals surface area contributed by atoms with Gasteiger partial charge in [0.2, 0.25) is 0 Å². The summed E-state index contributed by atoms with van der Waals surface area (Å²) in [4.78, 5) is 31.3. The molecule has 0 fully saturated rings. The lowest BCUT2D eigenvalue weighted by Crippen LogP contribution is -2.42. The monoisotopic (exact) mass is 700 g/mol. The van der Waals surface area contributed by atoms with Crippen LogP contribution in [0.1, 0.15) is 31.8 Å². The van der Waals surface area contributed by atoms with Crippen molar-refractivity contribution in [3.63, 3.8) is 0 Å². The van der Waals surface area contributed by atoms with Gasteiger partial charge in [-0.2, -0.15) is 0 Å². The minimum atomic E-state index is -0.0826. The normalized spacial score (nSPS) is 10.7. The molecule has 0 saturated carbocycles. The van der Waals surface area contributed by atoms with Crippen molar-refractivity contribution < 1.29 is 9.59 Å². The average Bonchev–Trinajstić information content (AvgIpc) is 2.88. The molecule has 4 aromatic rings. The number of hydrogen-bond acceptors (Lipinski definition) is 2. The summed E-state index contributed by atoms with van der Waals surface area (Å²) in [7, 11) is 0. The summed E-state index contributed by atoms with van der Waals surface area (Å²) in [6.07, 6.45) is 0. The lowest BCUT2D eigenvalue weighted by atomic mass is 10.1. The van der Waals surface area contributed by atoms with Gasteiger partial charge in [0.05, 0.1) is 11.1 Å². The van der Waals surface area contributed by atoms with Crippen LogP contribution in [0.15, 0.2) is 97.1 Å². The molecule has 0 bridgehead atoms. The summed E-state index contributed by atoms with van der Waals surface area (Å²) in [5.41, 5.74) is 4.98. The maximum Gasteiger partial charge on any atom is 0.259 e. The third-order valence-corrected chi connectivity index (χ3v) is 7.94. The van der Waals surface area contributed by atoms with Gasteiger partial charge in [-0.05, 0) is 107 Å². The van der Waals surface area contributed by atoms with E-state index in [1.165, 1.54) is 0 Å². The highest BCUT2D eigenvalue weighted by atomic mass is 127. The Kier molecular flexibility index (Phi) is 8.79. The fourth-order valence-corrected chi connectivity index (χ4v) is 5.39. The first-order valence-electron chi connectivity index (χ1n) is 11.6. The lowest BCUT2D eigenvalue weighted by Gasteiger charge is -2.30. The summed E-state index contributed by atoms with van der Waals surface area (Å²) >= 11 is 4.40. The summed E-state index contributed by atoms with van der Waals surface area (Å²) in [6, 6.07) is 30.9. The zero-order valence-electron chi connectivity index (χ0n) is 20.1. The van der Waals surface area contributed by atoms with Crippen LogP contribution >= 0.6 is 45.2 Å². The van der Waals surface area contributed by atoms with Crippen LogP contribution in [0.4, 0.5) is 11.4 Å². The van der Waals surface area contributed by atoms with Crippen molar-refractivity contribution in [3.05, 3.63) is 126 Å². The molecule has 4 aromatic carbocycles. The average molecular weight is 700 g/mol. The smallest absolute Gasteiger partial charge is 0.259 e. The number of carbonyl (C=O) groups excluding carboxylic acids is 2. The number of para-hydroxylation sites is 2. The van der Waals surface area contributed by atoms with Crippen molar-refractivity contribution in [1.29, 1.82) is 0 Å². The van der Waals surface area contributed by atoms with E-state index in [1.54, 1.807) is 9.80 Å². The van der Waals surface area contributed by atoms with E-state index in [9.17, 15) is 9.59 Å². The number of benzene rings is 4. The van der Waals surface area contributed by atoms with Crippen LogP contribution < -0.4 is 9.80 Å². The second kappa shape index (κ2) is 12.0. The summed E-state index contributed by atoms with van der Waals surface area (Å²) in [6.45, 7) is 4.70. The highest BCUT2D eigenvalue weighted by Gasteiger charge is 2.25. The highest BCUT2D eigenvalue weighted by Crippen LogP contribution is 2.27. The molecule has 0 heterocycles. The standard InChI is InChI=1S/C30H26I2N2O2/c1-21-11-3-9-17-27(21)33(29(35)23-13-5-7-15-25(23)31)19-20-34(28-18-10-4-12-22(28)2)30(36)24-14-6-8-16-26(24)32/h3-18H,19-20H2,1-2H3. The van der Waals surface area contributed by atoms with Gasteiger partial charge in [-0.15, -0.1) is 0 Å². The molecule has 0 aliphatic carbocycles. The van der Waals surface area contributed by atoms with E-state index in [-0.39, 0.29) is 11.8 Å². The van der Waals surface area contributed by atoms with Crippen molar-refractivity contribution in [1.82, 2.24) is 0 Å². The van der Waals surface area contributed by atoms with Gasteiger partial charge in [0.15, 0.2) is 0 Å². The highest BCUT2D eigenvalue weighted by molar-refractivity contribution is 14.1. The van der Waals surface area contributed by atoms with Crippen molar-refractivity contribution >= 4 is 68.4 Å². The van der Waals surface area contributed by atoms with Gasteiger partial charge in [0.1, 0.15) is 0 Å². The molecule has 0 N–H and O–H groups in total. The van der Waals surface area contributed by atoms with Crippen LogP contribution in [-0.2, 0) is 0 Å². The van der Waals surface area contributed by atoms with E-state index in [1.807, 2.05) is 111 Å². The van der Waals surface area contributed by atoms with E-state index < -0.39 is 0 Å². The Morgan fingerprint density at radius 3 is 1.25 bits per heavy atom. The number of carbonyl (C=O) groups is 2. The third kappa shape index (κ3) is 5.81. The van der Waals surface area contributed by atoms with E-state index in [4.69, 9.17) is 0 Å². The molecular formula is C30H26I2N2O2. The predicted molar refractivity (Wildman–Crippen MR) is 164 cm³/mol. The number of aryl methyl sites for hydroxylation is 2. The molecule has 0 aromatic heterocycles. The number of halogens is 2. The lowest BCUT2D eigenvalue weighted by molar-refractivity contribution is 0.0967. The fraction of sp³-hybridized carbons (Fsp3) is 0.133. The first-order valence-corrected chi connectivity index (χ1v) is 13.8. The quantitative estimate of drug-likeness (QED) is 0.188. The Morgan fingerprint density at radius 2 is 0.889 bits per heavy atom. The first-order chi connectivity index (χ1) is 17.4. The minimum Gasteiger partial charge on any atom is -0.306 e. The molecule has 0 radical (unpaired) electrons. The molecule has 4 rings (SSSR count). The molecule has 0 atom stereocenters. The van der Waals surface area contributed by atoms with E-state index in [2.05, 4.69) is 45.2 Å². The Bertz CT molecular complexity index is 1300. The van der Waals surface area contributed by atoms with Crippen LogP contribution in [0.2, 0.25) is 0 Å². The SMILES string of the molecule is Cc1ccccc1N(CCN(C(=O)c1ccccc1I)c1ccccc1C)C(=O)c1ccccc1I. The van der Waals surface area contributed by atoms with E-state index in [0.29, 0.717) is 24.2 Å². The molecule has 36 heavy (non-hydrogen) atoms. The van der Waals surface area contributed by atoms with Crippen LogP contribution in [0.3, 0.4) is 0 Å². The van der Waals surface area contributed by atoms with Crippen LogP contribution in [0.25, 0.3) is 0 Å². The number of rotatable bonds is 7. The number of nitrogens with zero attached hydrogens (tertiary/aromatic N) is 2. The zero-order valence-corrected chi connectivity index (χ0v) is 24.4. The molecule has 2 amide bonds. The fourth-order valence-electron chi connectivity index (χ4n) is 4.16. The molecule has 0 saturated heterocycles. The van der Waals surface area contributed by atoms with Gasteiger partial charge in [-0.25, -0.2) is 0 Å². The van der Waals surface area contributed by atoms with Crippen LogP contribution in [0, 0.1) is 21.0 Å². The van der Waals surface area contributed by atoms with Crippen LogP contribution in [0.5, 0.6) is 0 Å². The topological polar surface area (TPSA) is 40.6 Å². The molecule has 182 valence electrons. The van der Waals surface area contributed by atoms with Crippen molar-refractivity contribution in [2.45, 2.75) is 13.8 Å². The Hall–Kier alpha value is -2.72. The largest absolute Gasteiger partial charge is 0.306 e. The molecule has 4 nitrogen and oxygen atoms in total. The van der Waals surface area contributed by atoms with Gasteiger partial charge in [-0.3, -0.25) is 9.59 Å². The second-order valence-corrected chi connectivity index (χ2v) is 10.8. The Morgan fingerprint density at radius 1 is 0.556 bits per heavy atom. The van der Waals surface area contributed by atoms with Gasteiger partial charge in [0.25, 0.3) is 11.8 Å². The Balaban J connectivity index is 1.74. The summed E-state index contributed by atoms with van der Waals surface area (Å²) in [5.74, 6) is -0.165. The van der Waals surface area contributed by atoms with Gasteiger partial charge >= 0.3 is 0 Å². The molecule has 0 aliphatic heterocycles. The number of amides is 2. The van der Waals surface area contributed by atoms with Gasteiger partial charge in [-0.1, -0.05) is 60.7 Å². The second-order valence-electron chi connectivity index (χ2n) is 8.45. The van der Waals surface area contributed by atoms with E-state index >= 15 is 0 Å². The molecule has 6 heteroatoms. The maximum atomic E-state index is 13.8. The van der Waals surface area contributed by atoms with Crippen LogP contribution in [-0.4, -0.2) is 24.9 Å². The van der Waals surface area contributed by atoms with Gasteiger partial charge in [0, 0.05) is 31.6 Å². The first kappa shape index (κ1) is 26.3. The minimum absolute atomic E-state index is 0.0826. The maximum absolute atomic E-state index is 13.8. The zero-order chi connectivity index (χ0) is 25.7.